The molecule has 0 aliphatic heterocycles. The topological polar surface area (TPSA) is 61.9 Å². The van der Waals surface area contributed by atoms with Gasteiger partial charge in [-0.3, -0.25) is 14.5 Å². The van der Waals surface area contributed by atoms with Crippen molar-refractivity contribution < 1.29 is 14.3 Å². The molecular formula is C22H29N3O3. The minimum absolute atomic E-state index is 0.0284. The number of anilines is 1. The molecule has 1 N–H and O–H groups in total. The number of nitrogens with one attached hydrogen (secondary N) is 1. The van der Waals surface area contributed by atoms with Crippen LogP contribution in [0.1, 0.15) is 18.1 Å². The minimum Gasteiger partial charge on any atom is -0.497 e. The van der Waals surface area contributed by atoms with Crippen LogP contribution >= 0.6 is 0 Å². The Morgan fingerprint density at radius 3 is 2.11 bits per heavy atom. The summed E-state index contributed by atoms with van der Waals surface area (Å²) in [5.74, 6) is 0.533. The van der Waals surface area contributed by atoms with Crippen LogP contribution in [0.2, 0.25) is 0 Å². The van der Waals surface area contributed by atoms with Gasteiger partial charge in [0, 0.05) is 19.3 Å². The van der Waals surface area contributed by atoms with Crippen molar-refractivity contribution in [3.8, 4) is 5.75 Å². The predicted octanol–water partition coefficient (Wildman–Crippen LogP) is 2.79. The first-order chi connectivity index (χ1) is 13.4. The molecule has 0 aliphatic rings. The number of rotatable bonds is 9. The minimum atomic E-state index is -0.168. The van der Waals surface area contributed by atoms with Gasteiger partial charge in [-0.1, -0.05) is 31.2 Å². The fourth-order valence-corrected chi connectivity index (χ4v) is 2.77. The Morgan fingerprint density at radius 1 is 0.929 bits per heavy atom. The summed E-state index contributed by atoms with van der Waals surface area (Å²) in [6.07, 6.45) is 0.998. The summed E-state index contributed by atoms with van der Waals surface area (Å²) in [6.45, 7) is 2.98. The summed E-state index contributed by atoms with van der Waals surface area (Å²) in [7, 11) is 5.13. The smallest absolute Gasteiger partial charge is 0.238 e. The molecule has 2 amide bonds. The zero-order valence-electron chi connectivity index (χ0n) is 17.1. The zero-order valence-corrected chi connectivity index (χ0v) is 17.1. The number of amides is 2. The molecule has 0 saturated heterocycles. The number of likely N-dealkylation sites (N-methyl/N-ethyl adjacent to an activating group) is 2. The fourth-order valence-electron chi connectivity index (χ4n) is 2.77. The molecule has 0 atom stereocenters. The highest BCUT2D eigenvalue weighted by atomic mass is 16.5. The van der Waals surface area contributed by atoms with E-state index in [1.807, 2.05) is 0 Å². The zero-order chi connectivity index (χ0) is 20.5. The van der Waals surface area contributed by atoms with Crippen molar-refractivity contribution >= 4 is 17.5 Å². The van der Waals surface area contributed by atoms with E-state index in [1.165, 1.54) is 5.56 Å². The third-order valence-corrected chi connectivity index (χ3v) is 4.47. The second-order valence-electron chi connectivity index (χ2n) is 6.87. The molecule has 6 nitrogen and oxygen atoms in total. The molecule has 0 spiro atoms. The first-order valence-corrected chi connectivity index (χ1v) is 9.35. The molecule has 0 radical (unpaired) electrons. The molecule has 150 valence electrons. The standard InChI is InChI=1S/C22H29N3O3/c1-5-17-6-8-18(9-7-17)14-25(3)22(27)16-24(2)15-21(26)23-19-10-12-20(28-4)13-11-19/h6-13H,5,14-16H2,1-4H3,(H,23,26). The lowest BCUT2D eigenvalue weighted by atomic mass is 10.1. The largest absolute Gasteiger partial charge is 0.497 e. The van der Waals surface area contributed by atoms with Crippen molar-refractivity contribution in [3.05, 3.63) is 59.7 Å². The molecule has 6 heteroatoms. The van der Waals surface area contributed by atoms with Crippen LogP contribution in [0.5, 0.6) is 5.75 Å². The molecule has 0 aromatic heterocycles. The van der Waals surface area contributed by atoms with Gasteiger partial charge in [0.15, 0.2) is 0 Å². The van der Waals surface area contributed by atoms with Gasteiger partial charge in [0.25, 0.3) is 0 Å². The van der Waals surface area contributed by atoms with Gasteiger partial charge in [0.05, 0.1) is 20.2 Å². The van der Waals surface area contributed by atoms with Gasteiger partial charge in [0.1, 0.15) is 5.75 Å². The molecule has 2 rings (SSSR count). The highest BCUT2D eigenvalue weighted by molar-refractivity contribution is 5.92. The Hall–Kier alpha value is -2.86. The lowest BCUT2D eigenvalue weighted by Gasteiger charge is -2.22. The predicted molar refractivity (Wildman–Crippen MR) is 111 cm³/mol. The van der Waals surface area contributed by atoms with Crippen LogP contribution in [0.25, 0.3) is 0 Å². The number of carbonyl (C=O) groups excluding carboxylic acids is 2. The Kier molecular flexibility index (Phi) is 8.02. The molecule has 0 bridgehead atoms. The van der Waals surface area contributed by atoms with E-state index in [4.69, 9.17) is 4.74 Å². The summed E-state index contributed by atoms with van der Waals surface area (Å²) >= 11 is 0. The third-order valence-electron chi connectivity index (χ3n) is 4.47. The second kappa shape index (κ2) is 10.5. The van der Waals surface area contributed by atoms with E-state index in [-0.39, 0.29) is 24.9 Å². The van der Waals surface area contributed by atoms with E-state index in [0.717, 1.165) is 17.7 Å². The molecule has 2 aromatic carbocycles. The lowest BCUT2D eigenvalue weighted by molar-refractivity contribution is -0.131. The number of methoxy groups -OCH3 is 1. The highest BCUT2D eigenvalue weighted by Gasteiger charge is 2.14. The Morgan fingerprint density at radius 2 is 1.54 bits per heavy atom. The number of nitrogens with zero attached hydrogens (tertiary/aromatic N) is 2. The summed E-state index contributed by atoms with van der Waals surface area (Å²) in [5, 5.41) is 2.82. The van der Waals surface area contributed by atoms with Gasteiger partial charge in [0.2, 0.25) is 11.8 Å². The van der Waals surface area contributed by atoms with Crippen LogP contribution in [-0.2, 0) is 22.6 Å². The number of benzene rings is 2. The highest BCUT2D eigenvalue weighted by Crippen LogP contribution is 2.15. The van der Waals surface area contributed by atoms with Crippen LogP contribution in [0.15, 0.2) is 48.5 Å². The summed E-state index contributed by atoms with van der Waals surface area (Å²) in [5.41, 5.74) is 3.06. The average Bonchev–Trinajstić information content (AvgIpc) is 2.68. The molecule has 28 heavy (non-hydrogen) atoms. The molecule has 2 aromatic rings. The van der Waals surface area contributed by atoms with Gasteiger partial charge in [-0.25, -0.2) is 0 Å². The molecule has 0 heterocycles. The monoisotopic (exact) mass is 383 g/mol. The molecule has 0 fully saturated rings. The maximum absolute atomic E-state index is 12.4. The maximum atomic E-state index is 12.4. The Bertz CT molecular complexity index is 773. The van der Waals surface area contributed by atoms with E-state index < -0.39 is 0 Å². The van der Waals surface area contributed by atoms with Crippen LogP contribution in [0.3, 0.4) is 0 Å². The molecular weight excluding hydrogens is 354 g/mol. The van der Waals surface area contributed by atoms with E-state index in [0.29, 0.717) is 12.2 Å². The van der Waals surface area contributed by atoms with Crippen LogP contribution in [0, 0.1) is 0 Å². The average molecular weight is 383 g/mol. The second-order valence-corrected chi connectivity index (χ2v) is 6.87. The molecule has 0 saturated carbocycles. The number of ether oxygens (including phenoxy) is 1. The van der Waals surface area contributed by atoms with Crippen LogP contribution in [0.4, 0.5) is 5.69 Å². The lowest BCUT2D eigenvalue weighted by Crippen LogP contribution is -2.39. The van der Waals surface area contributed by atoms with Gasteiger partial charge in [-0.15, -0.1) is 0 Å². The quantitative estimate of drug-likeness (QED) is 0.723. The molecule has 0 aliphatic carbocycles. The summed E-state index contributed by atoms with van der Waals surface area (Å²) < 4.78 is 5.10. The van der Waals surface area contributed by atoms with Gasteiger partial charge in [-0.05, 0) is 48.9 Å². The number of aryl methyl sites for hydroxylation is 1. The fraction of sp³-hybridized carbons (Fsp3) is 0.364. The van der Waals surface area contributed by atoms with E-state index in [9.17, 15) is 9.59 Å². The first kappa shape index (κ1) is 21.4. The Labute approximate surface area is 167 Å². The SMILES string of the molecule is CCc1ccc(CN(C)C(=O)CN(C)CC(=O)Nc2ccc(OC)cc2)cc1. The van der Waals surface area contributed by atoms with Crippen molar-refractivity contribution in [2.45, 2.75) is 19.9 Å². The number of carbonyl (C=O) groups is 2. The summed E-state index contributed by atoms with van der Waals surface area (Å²) in [6, 6.07) is 15.4. The van der Waals surface area contributed by atoms with Gasteiger partial charge >= 0.3 is 0 Å². The van der Waals surface area contributed by atoms with Crippen molar-refractivity contribution in [2.24, 2.45) is 0 Å². The van der Waals surface area contributed by atoms with E-state index in [2.05, 4.69) is 36.5 Å². The van der Waals surface area contributed by atoms with Crippen molar-refractivity contribution in [1.82, 2.24) is 9.80 Å². The molecule has 0 unspecified atom stereocenters. The third kappa shape index (κ3) is 6.70. The van der Waals surface area contributed by atoms with Gasteiger partial charge < -0.3 is 15.0 Å². The van der Waals surface area contributed by atoms with Crippen molar-refractivity contribution in [3.63, 3.8) is 0 Å². The Balaban J connectivity index is 1.78. The van der Waals surface area contributed by atoms with Crippen molar-refractivity contribution in [2.75, 3.05) is 39.6 Å². The first-order valence-electron chi connectivity index (χ1n) is 9.35. The van der Waals surface area contributed by atoms with E-state index in [1.54, 1.807) is 55.3 Å². The normalized spacial score (nSPS) is 10.6. The van der Waals surface area contributed by atoms with Crippen molar-refractivity contribution in [1.29, 1.82) is 0 Å². The maximum Gasteiger partial charge on any atom is 0.238 e. The summed E-state index contributed by atoms with van der Waals surface area (Å²) in [4.78, 5) is 28.0. The van der Waals surface area contributed by atoms with Crippen LogP contribution < -0.4 is 10.1 Å². The number of hydrogen-bond acceptors (Lipinski definition) is 4. The number of hydrogen-bond donors (Lipinski definition) is 1. The van der Waals surface area contributed by atoms with Crippen LogP contribution in [-0.4, -0.2) is 55.9 Å². The van der Waals surface area contributed by atoms with E-state index >= 15 is 0 Å². The van der Waals surface area contributed by atoms with Gasteiger partial charge in [-0.2, -0.15) is 0 Å².